The molecule has 0 aliphatic rings. The SMILES string of the molecule is CCOC(=O)C(N=C(c1ccccc1)c1ccccc1)c1ccccn1. The van der Waals surface area contributed by atoms with Crippen LogP contribution in [0, 0.1) is 0 Å². The third kappa shape index (κ3) is 4.22. The summed E-state index contributed by atoms with van der Waals surface area (Å²) in [5.41, 5.74) is 3.16. The average Bonchev–Trinajstić information content (AvgIpc) is 2.71. The largest absolute Gasteiger partial charge is 0.464 e. The quantitative estimate of drug-likeness (QED) is 0.497. The first-order valence-corrected chi connectivity index (χ1v) is 8.56. The average molecular weight is 344 g/mol. The van der Waals surface area contributed by atoms with Crippen LogP contribution >= 0.6 is 0 Å². The number of hydrogen-bond donors (Lipinski definition) is 0. The number of nitrogens with zero attached hydrogens (tertiary/aromatic N) is 2. The Morgan fingerprint density at radius 3 is 2.00 bits per heavy atom. The van der Waals surface area contributed by atoms with Gasteiger partial charge in [0.1, 0.15) is 0 Å². The molecule has 0 bridgehead atoms. The molecule has 0 radical (unpaired) electrons. The van der Waals surface area contributed by atoms with Crippen LogP contribution in [0.5, 0.6) is 0 Å². The van der Waals surface area contributed by atoms with Crippen LogP contribution in [0.2, 0.25) is 0 Å². The Kier molecular flexibility index (Phi) is 5.88. The van der Waals surface area contributed by atoms with E-state index in [1.165, 1.54) is 0 Å². The van der Waals surface area contributed by atoms with Crippen LogP contribution in [0.1, 0.15) is 29.8 Å². The summed E-state index contributed by atoms with van der Waals surface area (Å²) in [6.07, 6.45) is 1.65. The molecule has 2 aromatic carbocycles. The van der Waals surface area contributed by atoms with Gasteiger partial charge >= 0.3 is 5.97 Å². The van der Waals surface area contributed by atoms with Crippen molar-refractivity contribution in [3.8, 4) is 0 Å². The zero-order chi connectivity index (χ0) is 18.2. The Bertz CT molecular complexity index is 821. The molecule has 0 fully saturated rings. The minimum atomic E-state index is -0.813. The summed E-state index contributed by atoms with van der Waals surface area (Å²) in [6, 6.07) is 24.3. The first-order valence-electron chi connectivity index (χ1n) is 8.56. The molecule has 4 heteroatoms. The number of hydrogen-bond acceptors (Lipinski definition) is 4. The number of aromatic nitrogens is 1. The van der Waals surface area contributed by atoms with Gasteiger partial charge in [-0.2, -0.15) is 0 Å². The first-order chi connectivity index (χ1) is 12.8. The van der Waals surface area contributed by atoms with Gasteiger partial charge in [0.05, 0.1) is 18.0 Å². The van der Waals surface area contributed by atoms with Crippen molar-refractivity contribution in [3.63, 3.8) is 0 Å². The second kappa shape index (κ2) is 8.72. The van der Waals surface area contributed by atoms with E-state index in [9.17, 15) is 4.79 Å². The molecule has 26 heavy (non-hydrogen) atoms. The molecular weight excluding hydrogens is 324 g/mol. The molecule has 0 aliphatic heterocycles. The van der Waals surface area contributed by atoms with E-state index in [-0.39, 0.29) is 0 Å². The lowest BCUT2D eigenvalue weighted by molar-refractivity contribution is -0.144. The Balaban J connectivity index is 2.12. The second-order valence-electron chi connectivity index (χ2n) is 5.62. The fourth-order valence-corrected chi connectivity index (χ4v) is 2.64. The van der Waals surface area contributed by atoms with E-state index in [2.05, 4.69) is 4.98 Å². The van der Waals surface area contributed by atoms with Gasteiger partial charge in [0.15, 0.2) is 6.04 Å². The van der Waals surface area contributed by atoms with Crippen LogP contribution in [0.15, 0.2) is 90.1 Å². The monoisotopic (exact) mass is 344 g/mol. The number of carbonyl (C=O) groups excluding carboxylic acids is 1. The zero-order valence-corrected chi connectivity index (χ0v) is 14.6. The molecule has 1 atom stereocenters. The Hall–Kier alpha value is -3.27. The van der Waals surface area contributed by atoms with Crippen molar-refractivity contribution in [3.05, 3.63) is 102 Å². The van der Waals surface area contributed by atoms with Gasteiger partial charge in [-0.1, -0.05) is 66.7 Å². The van der Waals surface area contributed by atoms with Crippen LogP contribution in [-0.2, 0) is 9.53 Å². The summed E-state index contributed by atoms with van der Waals surface area (Å²) in [6.45, 7) is 2.08. The van der Waals surface area contributed by atoms with Crippen LogP contribution < -0.4 is 0 Å². The number of pyridine rings is 1. The maximum absolute atomic E-state index is 12.6. The van der Waals surface area contributed by atoms with E-state index >= 15 is 0 Å². The third-order valence-corrected chi connectivity index (χ3v) is 3.83. The smallest absolute Gasteiger partial charge is 0.337 e. The molecule has 0 N–H and O–H groups in total. The molecule has 0 amide bonds. The summed E-state index contributed by atoms with van der Waals surface area (Å²) in [5, 5.41) is 0. The molecule has 4 nitrogen and oxygen atoms in total. The maximum Gasteiger partial charge on any atom is 0.337 e. The Morgan fingerprint density at radius 1 is 0.923 bits per heavy atom. The Labute approximate surface area is 153 Å². The van der Waals surface area contributed by atoms with Gasteiger partial charge < -0.3 is 4.74 Å². The molecule has 3 rings (SSSR count). The standard InChI is InChI=1S/C22H20N2O2/c1-2-26-22(25)21(19-15-9-10-16-23-19)24-20(17-11-5-3-6-12-17)18-13-7-4-8-14-18/h3-16,21H,2H2,1H3. The van der Waals surface area contributed by atoms with E-state index < -0.39 is 12.0 Å². The van der Waals surface area contributed by atoms with Crippen molar-refractivity contribution in [2.45, 2.75) is 13.0 Å². The summed E-state index contributed by atoms with van der Waals surface area (Å²) in [7, 11) is 0. The van der Waals surface area contributed by atoms with Crippen molar-refractivity contribution in [1.29, 1.82) is 0 Å². The summed E-state index contributed by atoms with van der Waals surface area (Å²) >= 11 is 0. The molecule has 3 aromatic rings. The highest BCUT2D eigenvalue weighted by Gasteiger charge is 2.24. The number of esters is 1. The molecule has 1 unspecified atom stereocenters. The lowest BCUT2D eigenvalue weighted by atomic mass is 10.0. The van der Waals surface area contributed by atoms with Gasteiger partial charge in [-0.25, -0.2) is 4.79 Å². The topological polar surface area (TPSA) is 51.5 Å². The molecule has 130 valence electrons. The number of ether oxygens (including phenoxy) is 1. The number of carbonyl (C=O) groups is 1. The maximum atomic E-state index is 12.6. The fraction of sp³-hybridized carbons (Fsp3) is 0.136. The second-order valence-corrected chi connectivity index (χ2v) is 5.62. The predicted octanol–water partition coefficient (Wildman–Crippen LogP) is 4.22. The summed E-state index contributed by atoms with van der Waals surface area (Å²) in [5.74, 6) is -0.407. The minimum Gasteiger partial charge on any atom is -0.464 e. The van der Waals surface area contributed by atoms with Crippen molar-refractivity contribution in [2.75, 3.05) is 6.61 Å². The fourth-order valence-electron chi connectivity index (χ4n) is 2.64. The highest BCUT2D eigenvalue weighted by atomic mass is 16.5. The molecule has 1 aromatic heterocycles. The first kappa shape index (κ1) is 17.5. The lowest BCUT2D eigenvalue weighted by Crippen LogP contribution is -2.18. The number of rotatable bonds is 6. The van der Waals surface area contributed by atoms with Gasteiger partial charge in [0.2, 0.25) is 0 Å². The van der Waals surface area contributed by atoms with Gasteiger partial charge in [-0.15, -0.1) is 0 Å². The molecule has 0 saturated heterocycles. The van der Waals surface area contributed by atoms with Crippen LogP contribution in [0.3, 0.4) is 0 Å². The van der Waals surface area contributed by atoms with Crippen molar-refractivity contribution in [2.24, 2.45) is 4.99 Å². The van der Waals surface area contributed by atoms with Crippen molar-refractivity contribution in [1.82, 2.24) is 4.98 Å². The van der Waals surface area contributed by atoms with Crippen molar-refractivity contribution < 1.29 is 9.53 Å². The summed E-state index contributed by atoms with van der Waals surface area (Å²) in [4.78, 5) is 21.7. The van der Waals surface area contributed by atoms with E-state index in [4.69, 9.17) is 9.73 Å². The van der Waals surface area contributed by atoms with E-state index in [0.717, 1.165) is 16.8 Å². The zero-order valence-electron chi connectivity index (χ0n) is 14.6. The number of aliphatic imine (C=N–C) groups is 1. The van der Waals surface area contributed by atoms with E-state index in [1.807, 2.05) is 72.8 Å². The normalized spacial score (nSPS) is 11.4. The Morgan fingerprint density at radius 2 is 1.50 bits per heavy atom. The third-order valence-electron chi connectivity index (χ3n) is 3.83. The van der Waals surface area contributed by atoms with Gasteiger partial charge in [-0.3, -0.25) is 9.98 Å². The lowest BCUT2D eigenvalue weighted by Gasteiger charge is -2.14. The van der Waals surface area contributed by atoms with Crippen molar-refractivity contribution >= 4 is 11.7 Å². The molecule has 0 spiro atoms. The summed E-state index contributed by atoms with van der Waals surface area (Å²) < 4.78 is 5.25. The number of benzene rings is 2. The van der Waals surface area contributed by atoms with Crippen LogP contribution in [-0.4, -0.2) is 23.3 Å². The van der Waals surface area contributed by atoms with Crippen LogP contribution in [0.25, 0.3) is 0 Å². The molecular formula is C22H20N2O2. The van der Waals surface area contributed by atoms with Crippen LogP contribution in [0.4, 0.5) is 0 Å². The highest BCUT2D eigenvalue weighted by molar-refractivity contribution is 6.13. The molecule has 0 saturated carbocycles. The molecule has 0 aliphatic carbocycles. The van der Waals surface area contributed by atoms with Gasteiger partial charge in [-0.05, 0) is 19.1 Å². The minimum absolute atomic E-state index is 0.295. The van der Waals surface area contributed by atoms with Gasteiger partial charge in [0.25, 0.3) is 0 Å². The highest BCUT2D eigenvalue weighted by Crippen LogP contribution is 2.21. The molecule has 1 heterocycles. The van der Waals surface area contributed by atoms with Gasteiger partial charge in [0, 0.05) is 17.3 Å². The van der Waals surface area contributed by atoms with E-state index in [1.54, 1.807) is 19.2 Å². The predicted molar refractivity (Wildman–Crippen MR) is 102 cm³/mol. The van der Waals surface area contributed by atoms with E-state index in [0.29, 0.717) is 12.3 Å².